The molecule has 1 unspecified atom stereocenters. The van der Waals surface area contributed by atoms with Crippen molar-refractivity contribution in [1.82, 2.24) is 9.97 Å². The number of hydrogen-bond donors (Lipinski definition) is 2. The highest BCUT2D eigenvalue weighted by Gasteiger charge is 2.54. The zero-order chi connectivity index (χ0) is 22.9. The van der Waals surface area contributed by atoms with Crippen molar-refractivity contribution in [3.63, 3.8) is 0 Å². The maximum atomic E-state index is 13.4. The summed E-state index contributed by atoms with van der Waals surface area (Å²) in [6, 6.07) is 5.04. The molecule has 9 nitrogen and oxygen atoms in total. The second-order valence-corrected chi connectivity index (χ2v) is 9.76. The van der Waals surface area contributed by atoms with Gasteiger partial charge in [0, 0.05) is 37.1 Å². The molecular formula is C24H31N4O5+. The van der Waals surface area contributed by atoms with Crippen molar-refractivity contribution in [2.24, 2.45) is 11.8 Å². The van der Waals surface area contributed by atoms with Gasteiger partial charge in [-0.05, 0) is 31.0 Å². The van der Waals surface area contributed by atoms with Gasteiger partial charge < -0.3 is 18.7 Å². The van der Waals surface area contributed by atoms with E-state index in [2.05, 4.69) is 15.3 Å². The maximum Gasteiger partial charge on any atom is 0.346 e. The van der Waals surface area contributed by atoms with Gasteiger partial charge in [-0.2, -0.15) is 0 Å². The van der Waals surface area contributed by atoms with E-state index in [4.69, 9.17) is 9.15 Å². The molecule has 2 atom stereocenters. The molecule has 2 aromatic heterocycles. The smallest absolute Gasteiger partial charge is 0.346 e. The van der Waals surface area contributed by atoms with Crippen LogP contribution in [0.2, 0.25) is 0 Å². The number of esters is 1. The van der Waals surface area contributed by atoms with E-state index < -0.39 is 11.6 Å². The van der Waals surface area contributed by atoms with Gasteiger partial charge in [0.25, 0.3) is 5.91 Å². The largest absolute Gasteiger partial charge is 0.466 e. The van der Waals surface area contributed by atoms with Gasteiger partial charge in [0.05, 0.1) is 19.4 Å². The van der Waals surface area contributed by atoms with Crippen LogP contribution in [-0.2, 0) is 19.9 Å². The summed E-state index contributed by atoms with van der Waals surface area (Å²) in [5, 5.41) is 14.3. The number of aromatic nitrogens is 2. The molecule has 1 aliphatic carbocycles. The van der Waals surface area contributed by atoms with Crippen LogP contribution in [0.4, 0.5) is 5.95 Å². The molecule has 1 amide bonds. The molecule has 6 rings (SSSR count). The molecule has 33 heavy (non-hydrogen) atoms. The van der Waals surface area contributed by atoms with Gasteiger partial charge in [-0.3, -0.25) is 10.1 Å². The number of carbonyl (C=O) groups excluding carboxylic acids is 2. The van der Waals surface area contributed by atoms with Gasteiger partial charge in [0.2, 0.25) is 11.5 Å². The molecule has 0 radical (unpaired) electrons. The van der Waals surface area contributed by atoms with Crippen LogP contribution in [0.1, 0.15) is 44.3 Å². The fourth-order valence-electron chi connectivity index (χ4n) is 5.94. The Labute approximate surface area is 192 Å². The van der Waals surface area contributed by atoms with Gasteiger partial charge in [0.15, 0.2) is 12.6 Å². The molecule has 4 fully saturated rings. The Balaban J connectivity index is 1.28. The van der Waals surface area contributed by atoms with Crippen molar-refractivity contribution in [3.05, 3.63) is 42.6 Å². The van der Waals surface area contributed by atoms with Crippen LogP contribution in [-0.4, -0.2) is 63.7 Å². The summed E-state index contributed by atoms with van der Waals surface area (Å²) in [5.74, 6) is -0.188. The van der Waals surface area contributed by atoms with E-state index in [1.165, 1.54) is 6.26 Å². The predicted octanol–water partition coefficient (Wildman–Crippen LogP) is 2.24. The number of quaternary nitrogens is 1. The minimum atomic E-state index is -1.77. The van der Waals surface area contributed by atoms with Gasteiger partial charge in [-0.25, -0.2) is 14.8 Å². The van der Waals surface area contributed by atoms with E-state index in [-0.39, 0.29) is 42.1 Å². The Morgan fingerprint density at radius 1 is 1.15 bits per heavy atom. The number of carbonyl (C=O) groups is 2. The summed E-state index contributed by atoms with van der Waals surface area (Å²) >= 11 is 0. The highest BCUT2D eigenvalue weighted by molar-refractivity contribution is 5.89. The third kappa shape index (κ3) is 4.27. The van der Waals surface area contributed by atoms with Crippen molar-refractivity contribution >= 4 is 17.8 Å². The summed E-state index contributed by atoms with van der Waals surface area (Å²) in [6.07, 6.45) is 9.58. The van der Waals surface area contributed by atoms with Crippen LogP contribution >= 0.6 is 0 Å². The first kappa shape index (κ1) is 22.0. The lowest BCUT2D eigenvalue weighted by atomic mass is 9.81. The lowest BCUT2D eigenvalue weighted by molar-refractivity contribution is -0.939. The molecule has 2 N–H and O–H groups in total. The number of aliphatic hydroxyl groups is 1. The Morgan fingerprint density at radius 3 is 2.55 bits per heavy atom. The van der Waals surface area contributed by atoms with Gasteiger partial charge in [-0.15, -0.1) is 0 Å². The predicted molar refractivity (Wildman–Crippen MR) is 118 cm³/mol. The Hall–Kier alpha value is -2.78. The lowest BCUT2D eigenvalue weighted by Crippen LogP contribution is -2.66. The molecule has 2 bridgehead atoms. The number of anilines is 1. The van der Waals surface area contributed by atoms with Crippen LogP contribution in [0, 0.1) is 11.8 Å². The average molecular weight is 456 g/mol. The second kappa shape index (κ2) is 8.87. The first-order valence-corrected chi connectivity index (χ1v) is 11.9. The number of amides is 1. The van der Waals surface area contributed by atoms with Crippen LogP contribution in [0.3, 0.4) is 0 Å². The highest BCUT2D eigenvalue weighted by atomic mass is 16.6. The molecule has 176 valence electrons. The SMILES string of the molecule is O=C(C[N+]12CCC(CC1)[C@@H](OC(=O)C(O)(c1ccco1)C1CCCC1)C2)Nc1ncccn1. The Kier molecular flexibility index (Phi) is 5.92. The topological polar surface area (TPSA) is 115 Å². The summed E-state index contributed by atoms with van der Waals surface area (Å²) < 4.78 is 12.1. The second-order valence-electron chi connectivity index (χ2n) is 9.76. The number of fused-ring (bicyclic) bond motifs is 3. The van der Waals surface area contributed by atoms with E-state index in [0.29, 0.717) is 11.0 Å². The first-order valence-electron chi connectivity index (χ1n) is 11.9. The average Bonchev–Trinajstić information content (AvgIpc) is 3.54. The van der Waals surface area contributed by atoms with E-state index >= 15 is 0 Å². The molecule has 9 heteroatoms. The van der Waals surface area contributed by atoms with Crippen molar-refractivity contribution in [2.45, 2.75) is 50.2 Å². The highest BCUT2D eigenvalue weighted by Crippen LogP contribution is 2.43. The fourth-order valence-corrected chi connectivity index (χ4v) is 5.94. The van der Waals surface area contributed by atoms with Crippen LogP contribution < -0.4 is 5.32 Å². The minimum absolute atomic E-state index is 0.148. The number of hydrogen-bond acceptors (Lipinski definition) is 7. The lowest BCUT2D eigenvalue weighted by Gasteiger charge is -2.51. The summed E-state index contributed by atoms with van der Waals surface area (Å²) in [6.45, 7) is 2.59. The third-order valence-electron chi connectivity index (χ3n) is 7.75. The standard InChI is InChI=1S/C24H30N4O5/c29-21(27-23-25-10-4-11-26-23)16-28-12-8-17(9-13-28)19(15-28)33-22(30)24(31,18-5-1-2-6-18)20-7-3-14-32-20/h3-4,7,10-11,14,17-19,31H,1-2,5-6,8-9,12-13,15-16H2/p+1/t17?,19-,24?,28?/m0/s1. The van der Waals surface area contributed by atoms with Gasteiger partial charge in [-0.1, -0.05) is 12.8 Å². The number of piperidine rings is 3. The van der Waals surface area contributed by atoms with Crippen molar-refractivity contribution in [2.75, 3.05) is 31.5 Å². The van der Waals surface area contributed by atoms with Crippen molar-refractivity contribution in [3.8, 4) is 0 Å². The molecule has 1 saturated carbocycles. The molecule has 5 heterocycles. The number of ether oxygens (including phenoxy) is 1. The normalized spacial score (nSPS) is 28.9. The molecule has 0 spiro atoms. The summed E-state index contributed by atoms with van der Waals surface area (Å²) in [7, 11) is 0. The van der Waals surface area contributed by atoms with E-state index in [1.54, 1.807) is 30.6 Å². The molecule has 3 aliphatic heterocycles. The molecule has 3 saturated heterocycles. The van der Waals surface area contributed by atoms with E-state index in [9.17, 15) is 14.7 Å². The Morgan fingerprint density at radius 2 is 1.88 bits per heavy atom. The summed E-state index contributed by atoms with van der Waals surface area (Å²) in [4.78, 5) is 34.3. The number of nitrogens with one attached hydrogen (secondary N) is 1. The van der Waals surface area contributed by atoms with Crippen molar-refractivity contribution in [1.29, 1.82) is 0 Å². The number of rotatable bonds is 7. The third-order valence-corrected chi connectivity index (χ3v) is 7.75. The van der Waals surface area contributed by atoms with Gasteiger partial charge in [0.1, 0.15) is 12.3 Å². The monoisotopic (exact) mass is 455 g/mol. The zero-order valence-electron chi connectivity index (χ0n) is 18.7. The molecule has 4 aliphatic rings. The minimum Gasteiger partial charge on any atom is -0.466 e. The molecule has 0 aromatic carbocycles. The van der Waals surface area contributed by atoms with E-state index in [1.807, 2.05) is 0 Å². The van der Waals surface area contributed by atoms with E-state index in [0.717, 1.165) is 51.6 Å². The van der Waals surface area contributed by atoms with Crippen LogP contribution in [0.15, 0.2) is 41.3 Å². The van der Waals surface area contributed by atoms with Crippen LogP contribution in [0.25, 0.3) is 0 Å². The quantitative estimate of drug-likeness (QED) is 0.486. The fraction of sp³-hybridized carbons (Fsp3) is 0.583. The molecular weight excluding hydrogens is 424 g/mol. The van der Waals surface area contributed by atoms with Gasteiger partial charge >= 0.3 is 5.97 Å². The van der Waals surface area contributed by atoms with Crippen molar-refractivity contribution < 1.29 is 28.3 Å². The first-order chi connectivity index (χ1) is 16.0. The number of furan rings is 1. The molecule has 2 aromatic rings. The Bertz CT molecular complexity index is 968. The van der Waals surface area contributed by atoms with Crippen LogP contribution in [0.5, 0.6) is 0 Å². The summed E-state index contributed by atoms with van der Waals surface area (Å²) in [5.41, 5.74) is -1.77. The number of nitrogens with zero attached hydrogens (tertiary/aromatic N) is 3. The zero-order valence-corrected chi connectivity index (χ0v) is 18.7. The maximum absolute atomic E-state index is 13.4.